The number of nitrogens with two attached hydrogens (primary N) is 2. The summed E-state index contributed by atoms with van der Waals surface area (Å²) in [4.78, 5) is 47.4. The molecule has 6 atom stereocenters. The second kappa shape index (κ2) is 19.0. The monoisotopic (exact) mass is 826 g/mol. The van der Waals surface area contributed by atoms with Gasteiger partial charge in [0.05, 0.1) is 10.8 Å². The highest BCUT2D eigenvalue weighted by Gasteiger charge is 2.59. The topological polar surface area (TPSA) is 127 Å². The fourth-order valence-corrected chi connectivity index (χ4v) is 11.1. The molecule has 0 radical (unpaired) electrons. The first-order valence-corrected chi connectivity index (χ1v) is 22.8. The van der Waals surface area contributed by atoms with Crippen LogP contribution >= 0.6 is 0 Å². The Labute approximate surface area is 367 Å². The van der Waals surface area contributed by atoms with Crippen LogP contribution in [0.3, 0.4) is 0 Å². The van der Waals surface area contributed by atoms with Gasteiger partial charge in [-0.05, 0) is 138 Å². The Hall–Kier alpha value is -5.31. The summed E-state index contributed by atoms with van der Waals surface area (Å²) < 4.78 is 0. The van der Waals surface area contributed by atoms with Gasteiger partial charge < -0.3 is 22.1 Å². The van der Waals surface area contributed by atoms with E-state index in [-0.39, 0.29) is 54.1 Å². The van der Waals surface area contributed by atoms with E-state index in [9.17, 15) is 0 Å². The molecule has 62 heavy (non-hydrogen) atoms. The van der Waals surface area contributed by atoms with E-state index in [1.807, 2.05) is 72.8 Å². The highest BCUT2D eigenvalue weighted by molar-refractivity contribution is 6.21. The number of ketones is 3. The van der Waals surface area contributed by atoms with Crippen LogP contribution in [0.5, 0.6) is 0 Å². The van der Waals surface area contributed by atoms with Crippen LogP contribution in [0.15, 0.2) is 145 Å². The Kier molecular flexibility index (Phi) is 13.3. The Morgan fingerprint density at radius 1 is 0.565 bits per heavy atom. The minimum absolute atomic E-state index is 0.00202. The van der Waals surface area contributed by atoms with Crippen LogP contribution in [0.25, 0.3) is 11.1 Å². The van der Waals surface area contributed by atoms with Crippen molar-refractivity contribution in [3.05, 3.63) is 178 Å². The van der Waals surface area contributed by atoms with Gasteiger partial charge >= 0.3 is 0 Å². The average molecular weight is 827 g/mol. The molecule has 0 spiro atoms. The van der Waals surface area contributed by atoms with E-state index in [1.54, 1.807) is 0 Å². The van der Waals surface area contributed by atoms with Gasteiger partial charge in [0.25, 0.3) is 0 Å². The maximum absolute atomic E-state index is 17.1. The largest absolute Gasteiger partial charge is 0.330 e. The minimum Gasteiger partial charge on any atom is -0.330 e. The smallest absolute Gasteiger partial charge is 0.193 e. The molecular formula is C55H62N4O3. The van der Waals surface area contributed by atoms with Gasteiger partial charge in [0.15, 0.2) is 17.3 Å². The molecule has 2 aliphatic heterocycles. The lowest BCUT2D eigenvalue weighted by atomic mass is 9.50. The van der Waals surface area contributed by atoms with Crippen LogP contribution in [0.1, 0.15) is 81.5 Å². The van der Waals surface area contributed by atoms with Gasteiger partial charge in [-0.15, -0.1) is 0 Å². The molecule has 6 N–H and O–H groups in total. The summed E-state index contributed by atoms with van der Waals surface area (Å²) in [6.07, 6.45) is 13.1. The zero-order valence-corrected chi connectivity index (χ0v) is 36.4. The van der Waals surface area contributed by atoms with Crippen LogP contribution < -0.4 is 22.1 Å². The van der Waals surface area contributed by atoms with E-state index in [4.69, 9.17) is 11.5 Å². The van der Waals surface area contributed by atoms with Gasteiger partial charge in [-0.3, -0.25) is 14.4 Å². The number of benzene rings is 4. The molecule has 0 bridgehead atoms. The number of allylic oxidation sites excluding steroid dienone is 8. The molecule has 7 nitrogen and oxygen atoms in total. The Morgan fingerprint density at radius 3 is 1.29 bits per heavy atom. The second-order valence-electron chi connectivity index (χ2n) is 18.2. The average Bonchev–Trinajstić information content (AvgIpc) is 3.32. The molecule has 6 unspecified atom stereocenters. The lowest BCUT2D eigenvalue weighted by Gasteiger charge is -2.52. The summed E-state index contributed by atoms with van der Waals surface area (Å²) in [5.74, 6) is -0.668. The maximum atomic E-state index is 17.1. The van der Waals surface area contributed by atoms with Gasteiger partial charge in [-0.1, -0.05) is 145 Å². The van der Waals surface area contributed by atoms with E-state index in [2.05, 4.69) is 85.2 Å². The molecule has 7 heteroatoms. The lowest BCUT2D eigenvalue weighted by Crippen LogP contribution is -2.56. The molecule has 0 amide bonds. The summed E-state index contributed by atoms with van der Waals surface area (Å²) in [5.41, 5.74) is 19.0. The fraction of sp³-hybridized carbons (Fsp3) is 0.364. The number of piperidine rings is 2. The summed E-state index contributed by atoms with van der Waals surface area (Å²) in [7, 11) is 0. The first kappa shape index (κ1) is 43.3. The number of aryl methyl sites for hydroxylation is 2. The summed E-state index contributed by atoms with van der Waals surface area (Å²) in [6, 6.07) is 35.5. The molecule has 4 aliphatic rings. The van der Waals surface area contributed by atoms with Gasteiger partial charge in [-0.2, -0.15) is 0 Å². The molecular weight excluding hydrogens is 765 g/mol. The third kappa shape index (κ3) is 8.44. The Morgan fingerprint density at radius 2 is 0.952 bits per heavy atom. The van der Waals surface area contributed by atoms with Crippen molar-refractivity contribution >= 4 is 28.5 Å². The summed E-state index contributed by atoms with van der Waals surface area (Å²) in [5, 5.41) is 7.32. The lowest BCUT2D eigenvalue weighted by molar-refractivity contribution is -0.141. The van der Waals surface area contributed by atoms with Gasteiger partial charge in [0.2, 0.25) is 0 Å². The predicted octanol–water partition coefficient (Wildman–Crippen LogP) is 8.89. The van der Waals surface area contributed by atoms with E-state index < -0.39 is 10.8 Å². The Bertz CT molecular complexity index is 2200. The van der Waals surface area contributed by atoms with E-state index in [0.29, 0.717) is 35.1 Å². The number of carbonyl (C=O) groups is 3. The molecule has 2 saturated heterocycles. The molecule has 2 fully saturated rings. The van der Waals surface area contributed by atoms with Crippen molar-refractivity contribution in [2.45, 2.75) is 52.4 Å². The quantitative estimate of drug-likeness (QED) is 0.0936. The molecule has 8 rings (SSSR count). The maximum Gasteiger partial charge on any atom is 0.193 e. The van der Waals surface area contributed by atoms with E-state index in [1.165, 1.54) is 0 Å². The van der Waals surface area contributed by atoms with Crippen molar-refractivity contribution in [3.63, 3.8) is 0 Å². The first-order valence-electron chi connectivity index (χ1n) is 22.8. The van der Waals surface area contributed by atoms with Crippen molar-refractivity contribution in [2.75, 3.05) is 39.3 Å². The molecule has 2 aliphatic carbocycles. The Balaban J connectivity index is 1.41. The van der Waals surface area contributed by atoms with Crippen LogP contribution in [-0.2, 0) is 4.79 Å². The second-order valence-corrected chi connectivity index (χ2v) is 18.2. The van der Waals surface area contributed by atoms with Crippen molar-refractivity contribution in [1.29, 1.82) is 0 Å². The minimum atomic E-state index is -1.20. The fourth-order valence-electron chi connectivity index (χ4n) is 11.1. The third-order valence-corrected chi connectivity index (χ3v) is 14.2. The van der Waals surface area contributed by atoms with Crippen molar-refractivity contribution in [1.82, 2.24) is 10.6 Å². The first-order chi connectivity index (χ1) is 30.2. The van der Waals surface area contributed by atoms with Crippen LogP contribution in [0, 0.1) is 48.3 Å². The zero-order chi connectivity index (χ0) is 43.3. The van der Waals surface area contributed by atoms with Crippen LogP contribution in [0.2, 0.25) is 0 Å². The molecule has 4 aromatic carbocycles. The number of nitrogens with one attached hydrogen (secondary N) is 2. The van der Waals surface area contributed by atoms with E-state index >= 15 is 14.4 Å². The normalized spacial score (nSPS) is 26.4. The van der Waals surface area contributed by atoms with Crippen LogP contribution in [-0.4, -0.2) is 56.6 Å². The molecule has 4 aromatic rings. The molecule has 320 valence electrons. The highest BCUT2D eigenvalue weighted by Crippen LogP contribution is 2.58. The van der Waals surface area contributed by atoms with Crippen molar-refractivity contribution in [2.24, 2.45) is 46.0 Å². The van der Waals surface area contributed by atoms with Crippen molar-refractivity contribution < 1.29 is 14.4 Å². The zero-order valence-electron chi connectivity index (χ0n) is 36.4. The molecule has 0 aromatic heterocycles. The van der Waals surface area contributed by atoms with E-state index in [0.717, 1.165) is 85.3 Å². The third-order valence-electron chi connectivity index (χ3n) is 14.2. The number of hydrogen-bond donors (Lipinski definition) is 4. The number of carbonyl (C=O) groups excluding carboxylic acids is 3. The molecule has 2 heterocycles. The van der Waals surface area contributed by atoms with Crippen molar-refractivity contribution in [3.8, 4) is 0 Å². The molecule has 0 saturated carbocycles. The van der Waals surface area contributed by atoms with Crippen LogP contribution in [0.4, 0.5) is 0 Å². The summed E-state index contributed by atoms with van der Waals surface area (Å²) >= 11 is 0. The number of hydrogen-bond acceptors (Lipinski definition) is 7. The standard InChI is InChI=1S/C55H62N4O3/c1-37-17-21-39(22-18-37)45-31-49(43-15-9-29-58-35-43)54(25-27-56,33-47(45)51(60)41-11-5-3-6-12-41)53(62)55(26-28-57)34-48(52(61)42-13-7-4-8-14-42)46(40-23-19-38(2)20-24-40)32-50(55)44-16-10-30-59-36-44/h3-8,11-14,17-24,31-34,43-44,49-50,58-59H,9-10,15-16,25-30,35-36,56-57H2,1-2H3. The number of rotatable bonds is 14. The predicted molar refractivity (Wildman–Crippen MR) is 251 cm³/mol. The number of Topliss-reactive ketones (excluding diaryl/α,β-unsaturated/α-hetero) is 3. The highest BCUT2D eigenvalue weighted by atomic mass is 16.1. The SMILES string of the molecule is Cc1ccc(C2=CC(C3CCCNC3)C(CCN)(C(=O)C3(CCN)C=C(C(=O)c4ccccc4)C(c4ccc(C)cc4)=CC3C3CCCNC3)C=C2C(=O)c2ccccc2)cc1. The van der Waals surface area contributed by atoms with Gasteiger partial charge in [-0.25, -0.2) is 0 Å². The summed E-state index contributed by atoms with van der Waals surface area (Å²) in [6.45, 7) is 7.90. The van der Waals surface area contributed by atoms with Gasteiger partial charge in [0, 0.05) is 22.3 Å². The van der Waals surface area contributed by atoms with Gasteiger partial charge in [0.1, 0.15) is 0 Å².